The average Bonchev–Trinajstić information content (AvgIpc) is 3.14. The maximum Gasteiger partial charge on any atom is 0.261 e. The van der Waals surface area contributed by atoms with Crippen LogP contribution in [0.25, 0.3) is 0 Å². The molecule has 0 spiro atoms. The van der Waals surface area contributed by atoms with Crippen molar-refractivity contribution in [1.82, 2.24) is 10.1 Å². The number of carbonyl (C=O) groups excluding carboxylic acids is 1. The van der Waals surface area contributed by atoms with Crippen LogP contribution in [0.1, 0.15) is 30.3 Å². The van der Waals surface area contributed by atoms with E-state index in [9.17, 15) is 4.79 Å². The molecule has 7 heteroatoms. The van der Waals surface area contributed by atoms with E-state index in [1.54, 1.807) is 23.1 Å². The molecule has 23 heavy (non-hydrogen) atoms. The lowest BCUT2D eigenvalue weighted by molar-refractivity contribution is -0.134. The van der Waals surface area contributed by atoms with Crippen molar-refractivity contribution < 1.29 is 14.1 Å². The summed E-state index contributed by atoms with van der Waals surface area (Å²) >= 11 is 11.9. The van der Waals surface area contributed by atoms with Crippen molar-refractivity contribution in [1.29, 1.82) is 0 Å². The number of ether oxygens (including phenoxy) is 1. The Morgan fingerprint density at radius 3 is 2.96 bits per heavy atom. The Balaban J connectivity index is 1.65. The molecule has 5 nitrogen and oxygen atoms in total. The molecule has 0 saturated carbocycles. The Labute approximate surface area is 144 Å². The predicted molar refractivity (Wildman–Crippen MR) is 86.9 cm³/mol. The van der Waals surface area contributed by atoms with E-state index in [-0.39, 0.29) is 18.6 Å². The van der Waals surface area contributed by atoms with E-state index in [1.165, 1.54) is 0 Å². The van der Waals surface area contributed by atoms with Gasteiger partial charge in [-0.05, 0) is 38.0 Å². The van der Waals surface area contributed by atoms with Gasteiger partial charge in [0.15, 0.2) is 12.4 Å². The number of likely N-dealkylation sites (tertiary alicyclic amines) is 1. The average molecular weight is 355 g/mol. The molecule has 2 aromatic rings. The van der Waals surface area contributed by atoms with Crippen molar-refractivity contribution in [2.45, 2.75) is 25.8 Å². The number of hydrogen-bond acceptors (Lipinski definition) is 4. The van der Waals surface area contributed by atoms with Crippen molar-refractivity contribution in [3.8, 4) is 5.75 Å². The normalized spacial score (nSPS) is 17.5. The highest BCUT2D eigenvalue weighted by Gasteiger charge is 2.32. The Morgan fingerprint density at radius 1 is 1.43 bits per heavy atom. The Morgan fingerprint density at radius 2 is 2.26 bits per heavy atom. The molecular formula is C16H16Cl2N2O3. The van der Waals surface area contributed by atoms with Crippen LogP contribution in [-0.2, 0) is 4.79 Å². The maximum absolute atomic E-state index is 12.5. The number of rotatable bonds is 4. The van der Waals surface area contributed by atoms with E-state index < -0.39 is 0 Å². The molecule has 0 bridgehead atoms. The molecule has 0 unspecified atom stereocenters. The smallest absolute Gasteiger partial charge is 0.261 e. The second-order valence-electron chi connectivity index (χ2n) is 5.48. The number of benzene rings is 1. The summed E-state index contributed by atoms with van der Waals surface area (Å²) in [6, 6.07) is 6.70. The van der Waals surface area contributed by atoms with E-state index >= 15 is 0 Å². The summed E-state index contributed by atoms with van der Waals surface area (Å²) in [5.41, 5.74) is 0.809. The van der Waals surface area contributed by atoms with Crippen LogP contribution < -0.4 is 4.74 Å². The summed E-state index contributed by atoms with van der Waals surface area (Å²) in [5.74, 6) is 1.06. The second-order valence-corrected chi connectivity index (χ2v) is 6.32. The van der Waals surface area contributed by atoms with E-state index in [4.69, 9.17) is 32.5 Å². The fourth-order valence-corrected chi connectivity index (χ4v) is 3.18. The van der Waals surface area contributed by atoms with Gasteiger partial charge < -0.3 is 14.2 Å². The molecule has 1 saturated heterocycles. The number of amides is 1. The zero-order valence-electron chi connectivity index (χ0n) is 12.6. The molecule has 1 aromatic heterocycles. The van der Waals surface area contributed by atoms with Crippen LogP contribution in [0.15, 0.2) is 28.8 Å². The van der Waals surface area contributed by atoms with Crippen molar-refractivity contribution in [3.05, 3.63) is 45.8 Å². The van der Waals surface area contributed by atoms with Gasteiger partial charge in [-0.25, -0.2) is 0 Å². The van der Waals surface area contributed by atoms with Crippen molar-refractivity contribution in [2.24, 2.45) is 0 Å². The van der Waals surface area contributed by atoms with Crippen LogP contribution in [0.5, 0.6) is 5.75 Å². The number of aryl methyl sites for hydroxylation is 1. The lowest BCUT2D eigenvalue weighted by Gasteiger charge is -2.22. The maximum atomic E-state index is 12.5. The molecule has 3 rings (SSSR count). The predicted octanol–water partition coefficient (Wildman–Crippen LogP) is 4.03. The summed E-state index contributed by atoms with van der Waals surface area (Å²) in [4.78, 5) is 14.2. The highest BCUT2D eigenvalue weighted by molar-refractivity contribution is 6.35. The first-order valence-electron chi connectivity index (χ1n) is 7.35. The Hall–Kier alpha value is -1.72. The van der Waals surface area contributed by atoms with Gasteiger partial charge in [0.25, 0.3) is 5.91 Å². The van der Waals surface area contributed by atoms with E-state index in [1.807, 2.05) is 13.0 Å². The summed E-state index contributed by atoms with van der Waals surface area (Å²) in [6.07, 6.45) is 1.79. The van der Waals surface area contributed by atoms with E-state index in [0.717, 1.165) is 24.3 Å². The van der Waals surface area contributed by atoms with Gasteiger partial charge in [0.1, 0.15) is 5.75 Å². The lowest BCUT2D eigenvalue weighted by Crippen LogP contribution is -2.34. The third-order valence-electron chi connectivity index (χ3n) is 3.79. The lowest BCUT2D eigenvalue weighted by atomic mass is 10.1. The van der Waals surface area contributed by atoms with Crippen molar-refractivity contribution in [2.75, 3.05) is 13.2 Å². The molecule has 1 aromatic carbocycles. The van der Waals surface area contributed by atoms with Gasteiger partial charge in [0.05, 0.1) is 16.8 Å². The van der Waals surface area contributed by atoms with Crippen LogP contribution in [0.4, 0.5) is 0 Å². The molecule has 0 N–H and O–H groups in total. The molecule has 2 heterocycles. The molecular weight excluding hydrogens is 339 g/mol. The molecule has 0 aliphatic carbocycles. The van der Waals surface area contributed by atoms with Gasteiger partial charge in [0.2, 0.25) is 0 Å². The zero-order valence-corrected chi connectivity index (χ0v) is 14.1. The molecule has 1 aliphatic heterocycles. The van der Waals surface area contributed by atoms with Crippen molar-refractivity contribution >= 4 is 29.1 Å². The zero-order chi connectivity index (χ0) is 16.4. The van der Waals surface area contributed by atoms with E-state index in [0.29, 0.717) is 22.3 Å². The van der Waals surface area contributed by atoms with Gasteiger partial charge in [-0.3, -0.25) is 4.79 Å². The first kappa shape index (κ1) is 16.1. The van der Waals surface area contributed by atoms with Crippen LogP contribution in [-0.4, -0.2) is 29.1 Å². The standard InChI is InChI=1S/C16H16Cl2N2O3/c1-10-7-15(23-19-10)13-3-2-6-20(13)16(21)9-22-14-5-4-11(17)8-12(14)18/h4-5,7-8,13H,2-3,6,9H2,1H3/t13-/m0/s1. The molecule has 122 valence electrons. The summed E-state index contributed by atoms with van der Waals surface area (Å²) in [5, 5.41) is 4.80. The molecule has 1 fully saturated rings. The van der Waals surface area contributed by atoms with Gasteiger partial charge in [-0.2, -0.15) is 0 Å². The third-order valence-corrected chi connectivity index (χ3v) is 4.32. The molecule has 1 atom stereocenters. The van der Waals surface area contributed by atoms with Crippen LogP contribution in [0, 0.1) is 6.92 Å². The van der Waals surface area contributed by atoms with Crippen LogP contribution in [0.3, 0.4) is 0 Å². The second kappa shape index (κ2) is 6.81. The SMILES string of the molecule is Cc1cc([C@@H]2CCCN2C(=O)COc2ccc(Cl)cc2Cl)on1. The minimum Gasteiger partial charge on any atom is -0.482 e. The van der Waals surface area contributed by atoms with Gasteiger partial charge in [0, 0.05) is 17.6 Å². The minimum atomic E-state index is -0.104. The first-order chi connectivity index (χ1) is 11.0. The number of nitrogens with zero attached hydrogens (tertiary/aromatic N) is 2. The highest BCUT2D eigenvalue weighted by Crippen LogP contribution is 2.33. The van der Waals surface area contributed by atoms with Gasteiger partial charge in [-0.1, -0.05) is 28.4 Å². The highest BCUT2D eigenvalue weighted by atomic mass is 35.5. The van der Waals surface area contributed by atoms with Crippen molar-refractivity contribution in [3.63, 3.8) is 0 Å². The molecule has 0 radical (unpaired) electrons. The van der Waals surface area contributed by atoms with Gasteiger partial charge >= 0.3 is 0 Å². The third kappa shape index (κ3) is 3.62. The number of hydrogen-bond donors (Lipinski definition) is 0. The first-order valence-corrected chi connectivity index (χ1v) is 8.11. The monoisotopic (exact) mass is 354 g/mol. The van der Waals surface area contributed by atoms with E-state index in [2.05, 4.69) is 5.16 Å². The fraction of sp³-hybridized carbons (Fsp3) is 0.375. The van der Waals surface area contributed by atoms with Crippen LogP contribution >= 0.6 is 23.2 Å². The summed E-state index contributed by atoms with van der Waals surface area (Å²) in [6.45, 7) is 2.46. The van der Waals surface area contributed by atoms with Crippen LogP contribution in [0.2, 0.25) is 10.0 Å². The fourth-order valence-electron chi connectivity index (χ4n) is 2.72. The number of carbonyl (C=O) groups is 1. The minimum absolute atomic E-state index is 0.0759. The largest absolute Gasteiger partial charge is 0.482 e. The quantitative estimate of drug-likeness (QED) is 0.831. The van der Waals surface area contributed by atoms with Gasteiger partial charge in [-0.15, -0.1) is 0 Å². The Bertz CT molecular complexity index is 717. The molecule has 1 aliphatic rings. The molecule has 1 amide bonds. The number of halogens is 2. The number of aromatic nitrogens is 1. The topological polar surface area (TPSA) is 55.6 Å². The Kier molecular flexibility index (Phi) is 4.78. The summed E-state index contributed by atoms with van der Waals surface area (Å²) < 4.78 is 10.8. The summed E-state index contributed by atoms with van der Waals surface area (Å²) in [7, 11) is 0.